The zero-order valence-corrected chi connectivity index (χ0v) is 34.6. The Morgan fingerprint density at radius 1 is 0.297 bits per heavy atom. The van der Waals surface area contributed by atoms with Crippen LogP contribution in [0.2, 0.25) is 0 Å². The molecule has 0 amide bonds. The second kappa shape index (κ2) is 14.3. The monoisotopic (exact) mass is 815 g/mol. The zero-order chi connectivity index (χ0) is 42.2. The summed E-state index contributed by atoms with van der Waals surface area (Å²) in [5.74, 6) is 3.56. The number of benzene rings is 10. The van der Waals surface area contributed by atoms with Crippen LogP contribution in [-0.2, 0) is 5.41 Å². The van der Waals surface area contributed by atoms with Crippen molar-refractivity contribution in [1.82, 2.24) is 15.0 Å². The molecule has 0 unspecified atom stereocenters. The van der Waals surface area contributed by atoms with Crippen molar-refractivity contribution in [3.63, 3.8) is 0 Å². The van der Waals surface area contributed by atoms with Gasteiger partial charge in [-0.25, -0.2) is 15.0 Å². The Balaban J connectivity index is 1.02. The maximum atomic E-state index is 6.63. The first-order valence-corrected chi connectivity index (χ1v) is 21.8. The minimum Gasteiger partial charge on any atom is -0.457 e. The highest BCUT2D eigenvalue weighted by atomic mass is 16.5. The molecule has 11 aromatic rings. The molecule has 10 aromatic carbocycles. The second-order valence-electron chi connectivity index (χ2n) is 16.7. The largest absolute Gasteiger partial charge is 0.457 e. The molecule has 0 saturated heterocycles. The normalized spacial score (nSPS) is 12.9. The summed E-state index contributed by atoms with van der Waals surface area (Å²) in [6, 6.07) is 79.7. The summed E-state index contributed by atoms with van der Waals surface area (Å²) in [5, 5.41) is 4.85. The lowest BCUT2D eigenvalue weighted by molar-refractivity contribution is 0.436. The molecule has 1 aromatic heterocycles. The van der Waals surface area contributed by atoms with Crippen molar-refractivity contribution in [2.45, 2.75) is 5.41 Å². The Kier molecular flexibility index (Phi) is 8.09. The Morgan fingerprint density at radius 3 is 1.64 bits per heavy atom. The van der Waals surface area contributed by atoms with Gasteiger partial charge in [-0.2, -0.15) is 0 Å². The Labute approximate surface area is 370 Å². The van der Waals surface area contributed by atoms with Crippen LogP contribution >= 0.6 is 0 Å². The van der Waals surface area contributed by atoms with E-state index in [9.17, 15) is 0 Å². The lowest BCUT2D eigenvalue weighted by Crippen LogP contribution is -2.32. The lowest BCUT2D eigenvalue weighted by Gasteiger charge is -2.39. The van der Waals surface area contributed by atoms with Crippen LogP contribution in [0.5, 0.6) is 11.5 Å². The number of aromatic nitrogens is 3. The summed E-state index contributed by atoms with van der Waals surface area (Å²) >= 11 is 0. The number of rotatable bonds is 5. The van der Waals surface area contributed by atoms with Gasteiger partial charge in [0, 0.05) is 27.8 Å². The average Bonchev–Trinajstić information content (AvgIpc) is 3.66. The molecule has 2 heterocycles. The van der Waals surface area contributed by atoms with E-state index in [0.29, 0.717) is 17.5 Å². The van der Waals surface area contributed by atoms with Crippen molar-refractivity contribution in [3.05, 3.63) is 247 Å². The third kappa shape index (κ3) is 5.52. The fourth-order valence-corrected chi connectivity index (χ4v) is 10.3. The molecule has 4 nitrogen and oxygen atoms in total. The van der Waals surface area contributed by atoms with E-state index in [1.165, 1.54) is 38.2 Å². The molecule has 0 atom stereocenters. The molecular weight excluding hydrogens is 779 g/mol. The predicted molar refractivity (Wildman–Crippen MR) is 259 cm³/mol. The number of fused-ring (bicyclic) bond motifs is 11. The van der Waals surface area contributed by atoms with Crippen LogP contribution in [0, 0.1) is 0 Å². The molecule has 1 aliphatic carbocycles. The molecule has 298 valence electrons. The molecule has 0 radical (unpaired) electrons. The van der Waals surface area contributed by atoms with Crippen molar-refractivity contribution < 1.29 is 4.74 Å². The molecule has 4 heteroatoms. The first kappa shape index (κ1) is 36.2. The number of ether oxygens (including phenoxy) is 1. The minimum atomic E-state index is -0.614. The predicted octanol–water partition coefficient (Wildman–Crippen LogP) is 15.0. The highest BCUT2D eigenvalue weighted by molar-refractivity contribution is 5.98. The van der Waals surface area contributed by atoms with E-state index in [1.54, 1.807) is 0 Å². The molecule has 1 aliphatic heterocycles. The summed E-state index contributed by atoms with van der Waals surface area (Å²) in [4.78, 5) is 16.1. The number of nitrogens with zero attached hydrogens (tertiary/aromatic N) is 3. The quantitative estimate of drug-likeness (QED) is 0.174. The number of hydrogen-bond acceptors (Lipinski definition) is 4. The van der Waals surface area contributed by atoms with Gasteiger partial charge in [-0.15, -0.1) is 0 Å². The van der Waals surface area contributed by atoms with Gasteiger partial charge in [0.1, 0.15) is 11.5 Å². The Bertz CT molecular complexity index is 3620. The van der Waals surface area contributed by atoms with E-state index in [2.05, 4.69) is 224 Å². The lowest BCUT2D eigenvalue weighted by atomic mass is 9.66. The fourth-order valence-electron chi connectivity index (χ4n) is 10.3. The van der Waals surface area contributed by atoms with Gasteiger partial charge in [-0.05, 0) is 90.3 Å². The SMILES string of the molecule is c1cc(-c2nc(-c3ccc(-c4ccc5ccccc5c4)cc3)nc(-c3cccc4c3-c3ccccc3C43c4ccccc4Oc4ccccc43)n2)cc(-c2cccc3ccccc23)c1. The Morgan fingerprint density at radius 2 is 0.828 bits per heavy atom. The fraction of sp³-hybridized carbons (Fsp3) is 0.0167. The van der Waals surface area contributed by atoms with Crippen LogP contribution in [0.15, 0.2) is 224 Å². The summed E-state index contributed by atoms with van der Waals surface area (Å²) < 4.78 is 6.63. The molecule has 0 saturated carbocycles. The molecule has 0 fully saturated rings. The minimum absolute atomic E-state index is 0.612. The van der Waals surface area contributed by atoms with Gasteiger partial charge in [0.2, 0.25) is 0 Å². The van der Waals surface area contributed by atoms with Crippen LogP contribution in [0.4, 0.5) is 0 Å². The summed E-state index contributed by atoms with van der Waals surface area (Å²) in [5.41, 5.74) is 13.6. The third-order valence-corrected chi connectivity index (χ3v) is 13.2. The van der Waals surface area contributed by atoms with Crippen molar-refractivity contribution in [1.29, 1.82) is 0 Å². The van der Waals surface area contributed by atoms with Gasteiger partial charge in [-0.3, -0.25) is 0 Å². The zero-order valence-electron chi connectivity index (χ0n) is 34.6. The molecule has 2 aliphatic rings. The third-order valence-electron chi connectivity index (χ3n) is 13.2. The first-order valence-electron chi connectivity index (χ1n) is 21.8. The van der Waals surface area contributed by atoms with Crippen molar-refractivity contribution >= 4 is 21.5 Å². The Hall–Kier alpha value is -8.47. The van der Waals surface area contributed by atoms with Crippen molar-refractivity contribution in [3.8, 4) is 79.0 Å². The summed E-state index contributed by atoms with van der Waals surface area (Å²) in [6.45, 7) is 0. The van der Waals surface area contributed by atoms with E-state index in [-0.39, 0.29) is 0 Å². The van der Waals surface area contributed by atoms with Crippen molar-refractivity contribution in [2.75, 3.05) is 0 Å². The van der Waals surface area contributed by atoms with E-state index >= 15 is 0 Å². The standard InChI is InChI=1S/C60H37N3O/c1-2-16-42-36-43(35-32-38(42)14-1)39-30-33-41(34-31-39)57-61-58(45-19-11-18-44(37-45)47-22-12-17-40-15-3-4-20-46(40)47)63-59(62-57)49-23-13-27-53-56(49)48-21-5-6-24-50(48)60(53)51-25-7-9-28-54(51)64-55-29-10-8-26-52(55)60/h1-37H. The van der Waals surface area contributed by atoms with E-state index < -0.39 is 5.41 Å². The number of hydrogen-bond donors (Lipinski definition) is 0. The molecule has 0 bridgehead atoms. The molecule has 1 spiro atoms. The molecule has 0 N–H and O–H groups in total. The van der Waals surface area contributed by atoms with Crippen LogP contribution in [0.1, 0.15) is 22.3 Å². The van der Waals surface area contributed by atoms with Gasteiger partial charge < -0.3 is 4.74 Å². The summed E-state index contributed by atoms with van der Waals surface area (Å²) in [7, 11) is 0. The maximum Gasteiger partial charge on any atom is 0.164 e. The van der Waals surface area contributed by atoms with Crippen LogP contribution in [0.3, 0.4) is 0 Å². The van der Waals surface area contributed by atoms with Gasteiger partial charge in [0.05, 0.1) is 5.41 Å². The smallest absolute Gasteiger partial charge is 0.164 e. The molecule has 13 rings (SSSR count). The highest BCUT2D eigenvalue weighted by Crippen LogP contribution is 2.63. The second-order valence-corrected chi connectivity index (χ2v) is 16.7. The van der Waals surface area contributed by atoms with Gasteiger partial charge in [0.15, 0.2) is 17.5 Å². The van der Waals surface area contributed by atoms with Gasteiger partial charge in [0.25, 0.3) is 0 Å². The number of para-hydroxylation sites is 2. The van der Waals surface area contributed by atoms with Crippen molar-refractivity contribution in [2.24, 2.45) is 0 Å². The topological polar surface area (TPSA) is 47.9 Å². The molecule has 64 heavy (non-hydrogen) atoms. The van der Waals surface area contributed by atoms with E-state index in [4.69, 9.17) is 19.7 Å². The highest BCUT2D eigenvalue weighted by Gasteiger charge is 2.51. The molecular formula is C60H37N3O. The van der Waals surface area contributed by atoms with Crippen LogP contribution in [0.25, 0.3) is 89.1 Å². The van der Waals surface area contributed by atoms with Crippen LogP contribution in [-0.4, -0.2) is 15.0 Å². The summed E-state index contributed by atoms with van der Waals surface area (Å²) in [6.07, 6.45) is 0. The van der Waals surface area contributed by atoms with E-state index in [0.717, 1.165) is 67.1 Å². The first-order chi connectivity index (χ1) is 31.7. The van der Waals surface area contributed by atoms with Gasteiger partial charge >= 0.3 is 0 Å². The maximum absolute atomic E-state index is 6.63. The van der Waals surface area contributed by atoms with E-state index in [1.807, 2.05) is 0 Å². The van der Waals surface area contributed by atoms with Crippen LogP contribution < -0.4 is 4.74 Å². The average molecular weight is 816 g/mol. The van der Waals surface area contributed by atoms with Gasteiger partial charge in [-0.1, -0.05) is 200 Å².